The smallest absolute Gasteiger partial charge is 0.282 e. The Morgan fingerprint density at radius 3 is 2.42 bits per heavy atom. The molecule has 0 bridgehead atoms. The van der Waals surface area contributed by atoms with Crippen molar-refractivity contribution in [3.8, 4) is 28.7 Å². The van der Waals surface area contributed by atoms with Crippen molar-refractivity contribution in [1.29, 1.82) is 0 Å². The lowest BCUT2D eigenvalue weighted by atomic mass is 10.1. The van der Waals surface area contributed by atoms with Crippen molar-refractivity contribution in [2.45, 2.75) is 13.8 Å². The summed E-state index contributed by atoms with van der Waals surface area (Å²) in [5.41, 5.74) is 10.4. The Morgan fingerprint density at radius 2 is 1.73 bits per heavy atom. The highest BCUT2D eigenvalue weighted by Crippen LogP contribution is 2.27. The molecule has 0 amide bonds. The maximum atomic E-state index is 6.23. The van der Waals surface area contributed by atoms with Crippen molar-refractivity contribution >= 4 is 17.4 Å². The average Bonchev–Trinajstić information content (AvgIpc) is 3.21. The number of aryl methyl sites for hydroxylation is 2. The van der Waals surface area contributed by atoms with E-state index in [-0.39, 0.29) is 5.89 Å². The molecule has 26 heavy (non-hydrogen) atoms. The lowest BCUT2D eigenvalue weighted by molar-refractivity contribution is 0.431. The first-order chi connectivity index (χ1) is 12.5. The number of hydrogen-bond acceptors (Lipinski definition) is 6. The molecule has 2 aromatic heterocycles. The highest BCUT2D eigenvalue weighted by molar-refractivity contribution is 6.30. The monoisotopic (exact) mass is 366 g/mol. The van der Waals surface area contributed by atoms with E-state index in [9.17, 15) is 0 Å². The molecular formula is C18H15ClN6O. The van der Waals surface area contributed by atoms with Gasteiger partial charge in [0, 0.05) is 10.6 Å². The predicted molar refractivity (Wildman–Crippen MR) is 99.0 cm³/mol. The van der Waals surface area contributed by atoms with Crippen molar-refractivity contribution in [1.82, 2.24) is 25.1 Å². The standard InChI is InChI=1S/C18H15ClN6O/c1-10-7-11(2)9-14(8-10)25-16(20)15(22-24-25)18-21-17(23-26-18)12-3-5-13(19)6-4-12/h3-9H,20H2,1-2H3. The normalized spacial score (nSPS) is 11.0. The number of nitrogens with zero attached hydrogens (tertiary/aromatic N) is 5. The zero-order valence-electron chi connectivity index (χ0n) is 14.1. The first-order valence-electron chi connectivity index (χ1n) is 7.91. The van der Waals surface area contributed by atoms with Gasteiger partial charge in [0.15, 0.2) is 11.5 Å². The molecule has 0 aliphatic heterocycles. The van der Waals surface area contributed by atoms with Crippen LogP contribution in [-0.4, -0.2) is 25.1 Å². The van der Waals surface area contributed by atoms with Crippen LogP contribution in [0.3, 0.4) is 0 Å². The van der Waals surface area contributed by atoms with E-state index >= 15 is 0 Å². The molecule has 0 spiro atoms. The summed E-state index contributed by atoms with van der Waals surface area (Å²) in [4.78, 5) is 4.37. The molecule has 4 aromatic rings. The molecule has 0 radical (unpaired) electrons. The van der Waals surface area contributed by atoms with Gasteiger partial charge in [-0.1, -0.05) is 28.0 Å². The predicted octanol–water partition coefficient (Wildman–Crippen LogP) is 3.84. The summed E-state index contributed by atoms with van der Waals surface area (Å²) in [5.74, 6) is 0.974. The Labute approximate surface area is 154 Å². The summed E-state index contributed by atoms with van der Waals surface area (Å²) >= 11 is 5.90. The van der Waals surface area contributed by atoms with Gasteiger partial charge in [-0.25, -0.2) is 0 Å². The van der Waals surface area contributed by atoms with Crippen LogP contribution in [0, 0.1) is 13.8 Å². The maximum Gasteiger partial charge on any atom is 0.282 e. The van der Waals surface area contributed by atoms with Crippen LogP contribution in [0.5, 0.6) is 0 Å². The first kappa shape index (κ1) is 16.3. The van der Waals surface area contributed by atoms with E-state index in [1.807, 2.05) is 38.1 Å². The van der Waals surface area contributed by atoms with Crippen molar-refractivity contribution in [2.24, 2.45) is 0 Å². The number of rotatable bonds is 3. The molecule has 0 saturated heterocycles. The summed E-state index contributed by atoms with van der Waals surface area (Å²) in [6.45, 7) is 4.03. The fourth-order valence-electron chi connectivity index (χ4n) is 2.74. The maximum absolute atomic E-state index is 6.23. The van der Waals surface area contributed by atoms with E-state index in [1.165, 1.54) is 0 Å². The Bertz CT molecular complexity index is 1060. The van der Waals surface area contributed by atoms with Gasteiger partial charge in [0.25, 0.3) is 5.89 Å². The third-order valence-corrected chi connectivity index (χ3v) is 4.14. The molecule has 0 unspecified atom stereocenters. The van der Waals surface area contributed by atoms with Crippen LogP contribution in [0.1, 0.15) is 11.1 Å². The van der Waals surface area contributed by atoms with Gasteiger partial charge in [-0.15, -0.1) is 5.10 Å². The van der Waals surface area contributed by atoms with Gasteiger partial charge < -0.3 is 10.3 Å². The molecule has 4 rings (SSSR count). The Kier molecular flexibility index (Phi) is 3.93. The van der Waals surface area contributed by atoms with Crippen molar-refractivity contribution in [2.75, 3.05) is 5.73 Å². The molecule has 0 fully saturated rings. The quantitative estimate of drug-likeness (QED) is 0.591. The van der Waals surface area contributed by atoms with Gasteiger partial charge in [0.1, 0.15) is 0 Å². The Balaban J connectivity index is 1.71. The molecule has 0 atom stereocenters. The molecular weight excluding hydrogens is 352 g/mol. The van der Waals surface area contributed by atoms with E-state index in [0.717, 1.165) is 22.4 Å². The Morgan fingerprint density at radius 1 is 1.04 bits per heavy atom. The average molecular weight is 367 g/mol. The molecule has 0 saturated carbocycles. The van der Waals surface area contributed by atoms with Crippen LogP contribution < -0.4 is 5.73 Å². The molecule has 0 aliphatic carbocycles. The first-order valence-corrected chi connectivity index (χ1v) is 8.29. The molecule has 130 valence electrons. The third-order valence-electron chi connectivity index (χ3n) is 3.89. The molecule has 2 aromatic carbocycles. The summed E-state index contributed by atoms with van der Waals surface area (Å²) in [6.07, 6.45) is 0. The lowest BCUT2D eigenvalue weighted by Crippen LogP contribution is -2.03. The van der Waals surface area contributed by atoms with E-state index in [0.29, 0.717) is 22.4 Å². The second-order valence-corrected chi connectivity index (χ2v) is 6.45. The molecule has 0 aliphatic rings. The topological polar surface area (TPSA) is 95.6 Å². The van der Waals surface area contributed by atoms with Crippen molar-refractivity contribution in [3.63, 3.8) is 0 Å². The molecule has 2 heterocycles. The minimum atomic E-state index is 0.211. The van der Waals surface area contributed by atoms with Crippen LogP contribution in [0.15, 0.2) is 47.0 Å². The number of benzene rings is 2. The third kappa shape index (κ3) is 2.93. The highest BCUT2D eigenvalue weighted by atomic mass is 35.5. The number of aromatic nitrogens is 5. The van der Waals surface area contributed by atoms with E-state index in [4.69, 9.17) is 21.9 Å². The largest absolute Gasteiger partial charge is 0.382 e. The number of halogens is 1. The van der Waals surface area contributed by atoms with Crippen LogP contribution in [0.2, 0.25) is 5.02 Å². The second kappa shape index (κ2) is 6.27. The van der Waals surface area contributed by atoms with Crippen molar-refractivity contribution < 1.29 is 4.52 Å². The van der Waals surface area contributed by atoms with Crippen LogP contribution in [0.4, 0.5) is 5.82 Å². The summed E-state index contributed by atoms with van der Waals surface area (Å²) < 4.78 is 6.88. The summed E-state index contributed by atoms with van der Waals surface area (Å²) in [5, 5.41) is 12.9. The number of hydrogen-bond donors (Lipinski definition) is 1. The summed E-state index contributed by atoms with van der Waals surface area (Å²) in [6, 6.07) is 13.2. The molecule has 7 nitrogen and oxygen atoms in total. The fourth-order valence-corrected chi connectivity index (χ4v) is 2.87. The number of nitrogens with two attached hydrogens (primary N) is 1. The van der Waals surface area contributed by atoms with E-state index in [2.05, 4.69) is 26.5 Å². The van der Waals surface area contributed by atoms with Gasteiger partial charge >= 0.3 is 0 Å². The lowest BCUT2D eigenvalue weighted by Gasteiger charge is -2.05. The van der Waals surface area contributed by atoms with Gasteiger partial charge in [0.2, 0.25) is 5.82 Å². The molecule has 8 heteroatoms. The van der Waals surface area contributed by atoms with Crippen LogP contribution >= 0.6 is 11.6 Å². The highest BCUT2D eigenvalue weighted by Gasteiger charge is 2.20. The SMILES string of the molecule is Cc1cc(C)cc(-n2nnc(-c3nc(-c4ccc(Cl)cc4)no3)c2N)c1. The van der Waals surface area contributed by atoms with Crippen LogP contribution in [-0.2, 0) is 0 Å². The van der Waals surface area contributed by atoms with E-state index < -0.39 is 0 Å². The molecule has 2 N–H and O–H groups in total. The minimum Gasteiger partial charge on any atom is -0.382 e. The number of nitrogen functional groups attached to an aromatic ring is 1. The van der Waals surface area contributed by atoms with Gasteiger partial charge in [-0.05, 0) is 61.4 Å². The van der Waals surface area contributed by atoms with Crippen molar-refractivity contribution in [3.05, 3.63) is 58.6 Å². The van der Waals surface area contributed by atoms with Crippen LogP contribution in [0.25, 0.3) is 28.7 Å². The van der Waals surface area contributed by atoms with Gasteiger partial charge in [-0.3, -0.25) is 0 Å². The van der Waals surface area contributed by atoms with Gasteiger partial charge in [0.05, 0.1) is 5.69 Å². The zero-order chi connectivity index (χ0) is 18.3. The van der Waals surface area contributed by atoms with Gasteiger partial charge in [-0.2, -0.15) is 9.67 Å². The van der Waals surface area contributed by atoms with E-state index in [1.54, 1.807) is 16.8 Å². The fraction of sp³-hybridized carbons (Fsp3) is 0.111. The summed E-state index contributed by atoms with van der Waals surface area (Å²) in [7, 11) is 0. The Hall–Kier alpha value is -3.19. The second-order valence-electron chi connectivity index (χ2n) is 6.01. The number of anilines is 1. The zero-order valence-corrected chi connectivity index (χ0v) is 14.9. The minimum absolute atomic E-state index is 0.211.